The number of nitrogens with zero attached hydrogens (tertiary/aromatic N) is 3. The summed E-state index contributed by atoms with van der Waals surface area (Å²) in [5.74, 6) is 0.859. The maximum atomic E-state index is 11.2. The highest BCUT2D eigenvalue weighted by atomic mass is 32.1. The lowest BCUT2D eigenvalue weighted by Gasteiger charge is -2.25. The molecule has 0 atom stereocenters. The van der Waals surface area contributed by atoms with E-state index in [0.717, 1.165) is 41.6 Å². The van der Waals surface area contributed by atoms with Gasteiger partial charge in [-0.25, -0.2) is 4.98 Å². The van der Waals surface area contributed by atoms with Crippen molar-refractivity contribution in [3.63, 3.8) is 0 Å². The Morgan fingerprint density at radius 2 is 1.85 bits per heavy atom. The smallest absolute Gasteiger partial charge is 0.186 e. The molecule has 0 saturated carbocycles. The summed E-state index contributed by atoms with van der Waals surface area (Å²) in [5.41, 5.74) is 0.929. The van der Waals surface area contributed by atoms with Crippen LogP contribution in [0.1, 0.15) is 49.0 Å². The molecule has 0 amide bonds. The van der Waals surface area contributed by atoms with Gasteiger partial charge in [-0.3, -0.25) is 4.79 Å². The summed E-state index contributed by atoms with van der Waals surface area (Å²) in [5, 5.41) is 0.978. The number of carbonyl (C=O) groups is 1. The summed E-state index contributed by atoms with van der Waals surface area (Å²) in [6.07, 6.45) is 0.940. The van der Waals surface area contributed by atoms with Gasteiger partial charge in [0.2, 0.25) is 0 Å². The van der Waals surface area contributed by atoms with Gasteiger partial charge in [-0.15, -0.1) is 0 Å². The van der Waals surface area contributed by atoms with E-state index >= 15 is 0 Å². The van der Waals surface area contributed by atoms with Crippen molar-refractivity contribution in [2.45, 2.75) is 33.6 Å². The Bertz CT molecular complexity index is 427. The number of aldehydes is 1. The number of hydrogen-bond acceptors (Lipinski definition) is 5. The van der Waals surface area contributed by atoms with E-state index in [-0.39, 0.29) is 5.92 Å². The largest absolute Gasteiger partial charge is 0.347 e. The molecule has 4 nitrogen and oxygen atoms in total. The number of rotatable bonds is 8. The van der Waals surface area contributed by atoms with E-state index in [1.54, 1.807) is 0 Å². The van der Waals surface area contributed by atoms with Gasteiger partial charge in [0.1, 0.15) is 0 Å². The van der Waals surface area contributed by atoms with Crippen LogP contribution in [-0.4, -0.2) is 49.9 Å². The second kappa shape index (κ2) is 7.74. The van der Waals surface area contributed by atoms with Crippen LogP contribution in [0.3, 0.4) is 0 Å². The summed E-state index contributed by atoms with van der Waals surface area (Å²) < 4.78 is 0. The number of likely N-dealkylation sites (N-methyl/N-ethyl adjacent to an activating group) is 1. The zero-order chi connectivity index (χ0) is 15.3. The summed E-state index contributed by atoms with van der Waals surface area (Å²) in [7, 11) is 4.15. The van der Waals surface area contributed by atoms with Gasteiger partial charge in [0, 0.05) is 19.6 Å². The van der Waals surface area contributed by atoms with Gasteiger partial charge < -0.3 is 9.80 Å². The molecular formula is C15H27N3OS. The van der Waals surface area contributed by atoms with Gasteiger partial charge >= 0.3 is 0 Å². The number of anilines is 1. The van der Waals surface area contributed by atoms with Crippen LogP contribution in [0, 0.1) is 5.92 Å². The van der Waals surface area contributed by atoms with Crippen molar-refractivity contribution in [1.82, 2.24) is 9.88 Å². The Hall–Kier alpha value is -0.940. The molecule has 0 aliphatic heterocycles. The average molecular weight is 297 g/mol. The fraction of sp³-hybridized carbons (Fsp3) is 0.733. The minimum Gasteiger partial charge on any atom is -0.347 e. The monoisotopic (exact) mass is 297 g/mol. The van der Waals surface area contributed by atoms with E-state index in [1.807, 2.05) is 0 Å². The molecule has 1 aromatic heterocycles. The molecule has 0 unspecified atom stereocenters. The first kappa shape index (κ1) is 17.1. The standard InChI is InChI=1S/C15H27N3OS/c1-11(2)9-18(8-7-17(5)6)15-16-14(12(3)4)13(10-19)20-15/h10-12H,7-9H2,1-6H3. The molecule has 0 spiro atoms. The van der Waals surface area contributed by atoms with Gasteiger partial charge in [-0.2, -0.15) is 0 Å². The molecule has 1 heterocycles. The predicted octanol–water partition coefficient (Wildman–Crippen LogP) is 3.10. The lowest BCUT2D eigenvalue weighted by molar-refractivity contribution is 0.112. The maximum Gasteiger partial charge on any atom is 0.186 e. The fourth-order valence-electron chi connectivity index (χ4n) is 1.99. The molecule has 0 N–H and O–H groups in total. The lowest BCUT2D eigenvalue weighted by Crippen LogP contribution is -2.34. The lowest BCUT2D eigenvalue weighted by atomic mass is 10.1. The highest BCUT2D eigenvalue weighted by molar-refractivity contribution is 7.17. The third kappa shape index (κ3) is 4.87. The highest BCUT2D eigenvalue weighted by Gasteiger charge is 2.18. The Kier molecular flexibility index (Phi) is 6.62. The van der Waals surface area contributed by atoms with Crippen molar-refractivity contribution < 1.29 is 4.79 Å². The van der Waals surface area contributed by atoms with Crippen molar-refractivity contribution >= 4 is 22.8 Å². The first-order chi connectivity index (χ1) is 9.35. The highest BCUT2D eigenvalue weighted by Crippen LogP contribution is 2.29. The van der Waals surface area contributed by atoms with E-state index in [1.165, 1.54) is 11.3 Å². The van der Waals surface area contributed by atoms with E-state index in [4.69, 9.17) is 4.98 Å². The van der Waals surface area contributed by atoms with Crippen LogP contribution < -0.4 is 4.90 Å². The zero-order valence-corrected chi connectivity index (χ0v) is 14.3. The summed E-state index contributed by atoms with van der Waals surface area (Å²) in [6.45, 7) is 11.5. The molecule has 20 heavy (non-hydrogen) atoms. The molecule has 0 saturated heterocycles. The van der Waals surface area contributed by atoms with E-state index in [0.29, 0.717) is 5.92 Å². The van der Waals surface area contributed by atoms with E-state index in [2.05, 4.69) is 51.6 Å². The minimum absolute atomic E-state index is 0.287. The first-order valence-corrected chi connectivity index (χ1v) is 8.02. The Balaban J connectivity index is 2.97. The molecule has 1 rings (SSSR count). The molecule has 0 radical (unpaired) electrons. The third-order valence-corrected chi connectivity index (χ3v) is 4.05. The second-order valence-electron chi connectivity index (χ2n) is 6.16. The predicted molar refractivity (Wildman–Crippen MR) is 87.2 cm³/mol. The molecule has 0 aromatic carbocycles. The molecule has 5 heteroatoms. The van der Waals surface area contributed by atoms with Crippen LogP contribution >= 0.6 is 11.3 Å². The molecule has 114 valence electrons. The topological polar surface area (TPSA) is 36.4 Å². The van der Waals surface area contributed by atoms with Gasteiger partial charge in [0.05, 0.1) is 10.6 Å². The minimum atomic E-state index is 0.287. The van der Waals surface area contributed by atoms with Gasteiger partial charge in [-0.1, -0.05) is 39.0 Å². The molecule has 0 aliphatic carbocycles. The second-order valence-corrected chi connectivity index (χ2v) is 7.17. The Morgan fingerprint density at radius 1 is 1.20 bits per heavy atom. The van der Waals surface area contributed by atoms with Crippen LogP contribution in [0.5, 0.6) is 0 Å². The van der Waals surface area contributed by atoms with Crippen molar-refractivity contribution in [2.24, 2.45) is 5.92 Å². The molecule has 0 bridgehead atoms. The maximum absolute atomic E-state index is 11.2. The normalized spacial score (nSPS) is 11.7. The van der Waals surface area contributed by atoms with Gasteiger partial charge in [-0.05, 0) is 25.9 Å². The third-order valence-electron chi connectivity index (χ3n) is 3.00. The molecule has 0 aliphatic rings. The molecular weight excluding hydrogens is 270 g/mol. The number of aromatic nitrogens is 1. The van der Waals surface area contributed by atoms with E-state index in [9.17, 15) is 4.79 Å². The Morgan fingerprint density at radius 3 is 2.25 bits per heavy atom. The summed E-state index contributed by atoms with van der Waals surface area (Å²) in [4.78, 5) is 21.1. The fourth-order valence-corrected chi connectivity index (χ4v) is 3.06. The zero-order valence-electron chi connectivity index (χ0n) is 13.5. The number of hydrogen-bond donors (Lipinski definition) is 0. The average Bonchev–Trinajstić information content (AvgIpc) is 2.77. The van der Waals surface area contributed by atoms with Crippen molar-refractivity contribution in [2.75, 3.05) is 38.6 Å². The van der Waals surface area contributed by atoms with Crippen LogP contribution in [0.15, 0.2) is 0 Å². The van der Waals surface area contributed by atoms with Crippen LogP contribution in [0.25, 0.3) is 0 Å². The van der Waals surface area contributed by atoms with E-state index < -0.39 is 0 Å². The first-order valence-electron chi connectivity index (χ1n) is 7.20. The van der Waals surface area contributed by atoms with Crippen LogP contribution in [0.2, 0.25) is 0 Å². The van der Waals surface area contributed by atoms with Crippen molar-refractivity contribution in [1.29, 1.82) is 0 Å². The molecule has 1 aromatic rings. The van der Waals surface area contributed by atoms with Crippen molar-refractivity contribution in [3.8, 4) is 0 Å². The van der Waals surface area contributed by atoms with Crippen LogP contribution in [-0.2, 0) is 0 Å². The summed E-state index contributed by atoms with van der Waals surface area (Å²) in [6, 6.07) is 0. The Labute approximate surface area is 126 Å². The molecule has 0 fully saturated rings. The number of thiazole rings is 1. The van der Waals surface area contributed by atoms with Gasteiger partial charge in [0.15, 0.2) is 11.4 Å². The quantitative estimate of drug-likeness (QED) is 0.691. The van der Waals surface area contributed by atoms with Crippen molar-refractivity contribution in [3.05, 3.63) is 10.6 Å². The number of carbonyl (C=O) groups excluding carboxylic acids is 1. The summed E-state index contributed by atoms with van der Waals surface area (Å²) >= 11 is 1.52. The van der Waals surface area contributed by atoms with Gasteiger partial charge in [0.25, 0.3) is 0 Å². The SMILES string of the molecule is CC(C)CN(CCN(C)C)c1nc(C(C)C)c(C=O)s1. The van der Waals surface area contributed by atoms with Crippen LogP contribution in [0.4, 0.5) is 5.13 Å².